The minimum atomic E-state index is -4.23. The molecular formula is C19H24F3NO3S. The molecule has 0 saturated heterocycles. The van der Waals surface area contributed by atoms with E-state index < -0.39 is 24.0 Å². The van der Waals surface area contributed by atoms with Gasteiger partial charge in [0.2, 0.25) is 5.91 Å². The van der Waals surface area contributed by atoms with Crippen LogP contribution in [0.5, 0.6) is 0 Å². The average molecular weight is 403 g/mol. The first-order chi connectivity index (χ1) is 12.6. The lowest BCUT2D eigenvalue weighted by Gasteiger charge is -2.31. The molecule has 2 unspecified atom stereocenters. The van der Waals surface area contributed by atoms with Crippen molar-refractivity contribution in [2.45, 2.75) is 70.5 Å². The smallest absolute Gasteiger partial charge is 0.353 e. The summed E-state index contributed by atoms with van der Waals surface area (Å²) in [6.07, 6.45) is -3.15. The van der Waals surface area contributed by atoms with Crippen LogP contribution in [0.25, 0.3) is 0 Å². The van der Waals surface area contributed by atoms with Gasteiger partial charge in [-0.2, -0.15) is 13.2 Å². The highest BCUT2D eigenvalue weighted by atomic mass is 32.1. The van der Waals surface area contributed by atoms with Crippen LogP contribution in [-0.4, -0.2) is 29.7 Å². The lowest BCUT2D eigenvalue weighted by molar-refractivity contribution is -0.184. The number of rotatable bonds is 8. The van der Waals surface area contributed by atoms with Gasteiger partial charge in [-0.15, -0.1) is 11.3 Å². The number of hydrogen-bond donors (Lipinski definition) is 1. The van der Waals surface area contributed by atoms with E-state index in [0.29, 0.717) is 17.7 Å². The van der Waals surface area contributed by atoms with Crippen LogP contribution >= 0.6 is 11.3 Å². The Morgan fingerprint density at radius 2 is 1.81 bits per heavy atom. The van der Waals surface area contributed by atoms with Gasteiger partial charge in [-0.3, -0.25) is 14.4 Å². The standard InChI is InChI=1S/C19H24F3NO3S/c1-12-5-9-17(27-12)16(25)8-6-15(24)7-10-18(26)23-14-4-2-3-13(11-14)19(20,21)22/h5,9,13-14H,2-4,6-8,10-11H2,1H3,(H,23,26). The van der Waals surface area contributed by atoms with Crippen LogP contribution in [0.2, 0.25) is 0 Å². The van der Waals surface area contributed by atoms with Gasteiger partial charge in [-0.05, 0) is 38.3 Å². The summed E-state index contributed by atoms with van der Waals surface area (Å²) in [6, 6.07) is 3.09. The Morgan fingerprint density at radius 1 is 1.11 bits per heavy atom. The van der Waals surface area contributed by atoms with E-state index in [1.165, 1.54) is 11.3 Å². The summed E-state index contributed by atoms with van der Waals surface area (Å²) < 4.78 is 38.4. The third-order valence-electron chi connectivity index (χ3n) is 4.78. The van der Waals surface area contributed by atoms with Crippen LogP contribution in [0.1, 0.15) is 65.9 Å². The van der Waals surface area contributed by atoms with Gasteiger partial charge in [-0.1, -0.05) is 6.42 Å². The Labute approximate surface area is 160 Å². The van der Waals surface area contributed by atoms with Gasteiger partial charge in [0.15, 0.2) is 5.78 Å². The maximum absolute atomic E-state index is 12.8. The number of nitrogens with one attached hydrogen (secondary N) is 1. The number of carbonyl (C=O) groups excluding carboxylic acids is 3. The first kappa shape index (κ1) is 21.6. The van der Waals surface area contributed by atoms with Crippen molar-refractivity contribution in [2.75, 3.05) is 0 Å². The quantitative estimate of drug-likeness (QED) is 0.645. The van der Waals surface area contributed by atoms with Crippen molar-refractivity contribution < 1.29 is 27.6 Å². The number of ketones is 2. The van der Waals surface area contributed by atoms with Crippen molar-refractivity contribution >= 4 is 28.8 Å². The van der Waals surface area contributed by atoms with Crippen molar-refractivity contribution in [1.29, 1.82) is 0 Å². The predicted octanol–water partition coefficient (Wildman–Crippen LogP) is 4.61. The normalized spacial score (nSPS) is 20.3. The van der Waals surface area contributed by atoms with Crippen LogP contribution < -0.4 is 5.32 Å². The fraction of sp³-hybridized carbons (Fsp3) is 0.632. The zero-order valence-electron chi connectivity index (χ0n) is 15.2. The molecule has 4 nitrogen and oxygen atoms in total. The lowest BCUT2D eigenvalue weighted by atomic mass is 9.85. The maximum atomic E-state index is 12.8. The number of amides is 1. The van der Waals surface area contributed by atoms with Crippen LogP contribution in [0.3, 0.4) is 0 Å². The third kappa shape index (κ3) is 7.08. The van der Waals surface area contributed by atoms with Gasteiger partial charge >= 0.3 is 6.18 Å². The first-order valence-corrected chi connectivity index (χ1v) is 9.94. The van der Waals surface area contributed by atoms with Crippen molar-refractivity contribution in [3.05, 3.63) is 21.9 Å². The zero-order chi connectivity index (χ0) is 20.0. The molecule has 27 heavy (non-hydrogen) atoms. The third-order valence-corrected chi connectivity index (χ3v) is 5.82. The summed E-state index contributed by atoms with van der Waals surface area (Å²) in [4.78, 5) is 37.4. The maximum Gasteiger partial charge on any atom is 0.391 e. The second-order valence-corrected chi connectivity index (χ2v) is 8.33. The molecule has 150 valence electrons. The molecule has 1 aliphatic rings. The van der Waals surface area contributed by atoms with E-state index in [2.05, 4.69) is 5.32 Å². The summed E-state index contributed by atoms with van der Waals surface area (Å²) in [5.74, 6) is -2.06. The Kier molecular flexibility index (Phi) is 7.59. The second kappa shape index (κ2) is 9.48. The monoisotopic (exact) mass is 403 g/mol. The molecule has 1 saturated carbocycles. The molecule has 0 spiro atoms. The van der Waals surface area contributed by atoms with Crippen LogP contribution in [-0.2, 0) is 9.59 Å². The molecule has 1 aromatic rings. The van der Waals surface area contributed by atoms with Crippen LogP contribution in [0, 0.1) is 12.8 Å². The van der Waals surface area contributed by atoms with Gasteiger partial charge in [0.1, 0.15) is 5.78 Å². The summed E-state index contributed by atoms with van der Waals surface area (Å²) in [6.45, 7) is 1.90. The zero-order valence-corrected chi connectivity index (χ0v) is 16.0. The highest BCUT2D eigenvalue weighted by Gasteiger charge is 2.42. The molecule has 0 aromatic carbocycles. The number of hydrogen-bond acceptors (Lipinski definition) is 4. The van der Waals surface area contributed by atoms with Gasteiger partial charge < -0.3 is 5.32 Å². The molecule has 8 heteroatoms. The van der Waals surface area contributed by atoms with E-state index in [1.807, 2.05) is 13.0 Å². The van der Waals surface area contributed by atoms with Crippen LogP contribution in [0.15, 0.2) is 12.1 Å². The number of aryl methyl sites for hydroxylation is 1. The SMILES string of the molecule is Cc1ccc(C(=O)CCC(=O)CCC(=O)NC2CCCC(C(F)(F)F)C2)s1. The second-order valence-electron chi connectivity index (χ2n) is 7.04. The van der Waals surface area contributed by atoms with Crippen molar-refractivity contribution in [1.82, 2.24) is 5.32 Å². The molecule has 0 aliphatic heterocycles. The highest BCUT2D eigenvalue weighted by molar-refractivity contribution is 7.14. The number of thiophene rings is 1. The molecule has 1 aliphatic carbocycles. The minimum absolute atomic E-state index is 0.00198. The average Bonchev–Trinajstić information content (AvgIpc) is 3.04. The van der Waals surface area contributed by atoms with Crippen molar-refractivity contribution in [3.8, 4) is 0 Å². The molecule has 0 radical (unpaired) electrons. The number of alkyl halides is 3. The lowest BCUT2D eigenvalue weighted by Crippen LogP contribution is -2.41. The van der Waals surface area contributed by atoms with Gasteiger partial charge in [-0.25, -0.2) is 0 Å². The van der Waals surface area contributed by atoms with Crippen LogP contribution in [0.4, 0.5) is 13.2 Å². The summed E-state index contributed by atoms with van der Waals surface area (Å²) >= 11 is 1.38. The number of halogens is 3. The highest BCUT2D eigenvalue weighted by Crippen LogP contribution is 2.37. The number of carbonyl (C=O) groups is 3. The predicted molar refractivity (Wildman–Crippen MR) is 96.8 cm³/mol. The molecule has 1 amide bonds. The molecule has 1 aromatic heterocycles. The Hall–Kier alpha value is -1.70. The van der Waals surface area contributed by atoms with E-state index in [9.17, 15) is 27.6 Å². The molecule has 2 rings (SSSR count). The molecule has 1 N–H and O–H groups in total. The van der Waals surface area contributed by atoms with E-state index in [0.717, 1.165) is 4.88 Å². The Morgan fingerprint density at radius 3 is 2.44 bits per heavy atom. The largest absolute Gasteiger partial charge is 0.391 e. The van der Waals surface area contributed by atoms with E-state index in [-0.39, 0.29) is 50.1 Å². The molecule has 1 fully saturated rings. The summed E-state index contributed by atoms with van der Waals surface area (Å²) in [5, 5.41) is 2.61. The Balaban J connectivity index is 1.67. The summed E-state index contributed by atoms with van der Waals surface area (Å²) in [7, 11) is 0. The molecule has 1 heterocycles. The van der Waals surface area contributed by atoms with Crippen molar-refractivity contribution in [3.63, 3.8) is 0 Å². The van der Waals surface area contributed by atoms with Gasteiger partial charge in [0.05, 0.1) is 10.8 Å². The molecular weight excluding hydrogens is 379 g/mol. The molecule has 2 atom stereocenters. The summed E-state index contributed by atoms with van der Waals surface area (Å²) in [5.41, 5.74) is 0. The van der Waals surface area contributed by atoms with E-state index in [1.54, 1.807) is 6.07 Å². The van der Waals surface area contributed by atoms with E-state index >= 15 is 0 Å². The first-order valence-electron chi connectivity index (χ1n) is 9.12. The number of Topliss-reactive ketones (excluding diaryl/α,β-unsaturated/α-hetero) is 2. The molecule has 0 bridgehead atoms. The topological polar surface area (TPSA) is 63.2 Å². The fourth-order valence-corrected chi connectivity index (χ4v) is 4.09. The fourth-order valence-electron chi connectivity index (χ4n) is 3.26. The van der Waals surface area contributed by atoms with Gasteiger partial charge in [0, 0.05) is 36.6 Å². The van der Waals surface area contributed by atoms with Gasteiger partial charge in [0.25, 0.3) is 0 Å². The Bertz CT molecular complexity index is 684. The van der Waals surface area contributed by atoms with Crippen molar-refractivity contribution in [2.24, 2.45) is 5.92 Å². The minimum Gasteiger partial charge on any atom is -0.353 e. The van der Waals surface area contributed by atoms with E-state index in [4.69, 9.17) is 0 Å².